The van der Waals surface area contributed by atoms with Gasteiger partial charge in [-0.15, -0.1) is 12.6 Å². The second-order valence-electron chi connectivity index (χ2n) is 3.59. The van der Waals surface area contributed by atoms with Crippen LogP contribution in [-0.4, -0.2) is 18.0 Å². The molecule has 1 aliphatic rings. The van der Waals surface area contributed by atoms with Gasteiger partial charge in [-0.2, -0.15) is 0 Å². The minimum absolute atomic E-state index is 0.238. The van der Waals surface area contributed by atoms with Crippen LogP contribution in [-0.2, 0) is 9.53 Å². The fraction of sp³-hybridized carbons (Fsp3) is 0.364. The van der Waals surface area contributed by atoms with E-state index in [4.69, 9.17) is 9.47 Å². The van der Waals surface area contributed by atoms with Crippen LogP contribution in [0, 0.1) is 11.7 Å². The Hall–Kier alpha value is -1.23. The number of ether oxygens (including phenoxy) is 2. The van der Waals surface area contributed by atoms with Crippen molar-refractivity contribution in [3.63, 3.8) is 0 Å². The first-order valence-electron chi connectivity index (χ1n) is 4.92. The highest BCUT2D eigenvalue weighted by Gasteiger charge is 2.32. The van der Waals surface area contributed by atoms with Crippen LogP contribution in [0.25, 0.3) is 0 Å². The standard InChI is InChI=1S/C11H11FO3S/c12-8-1-3-9(4-2-8)14-6-7-5-10(16)15-11(7)13/h1-4,7,10,16H,5-6H2/t7-,10-/m0/s1. The maximum atomic E-state index is 12.6. The monoisotopic (exact) mass is 242 g/mol. The number of rotatable bonds is 3. The topological polar surface area (TPSA) is 35.5 Å². The molecule has 0 spiro atoms. The highest BCUT2D eigenvalue weighted by atomic mass is 32.1. The quantitative estimate of drug-likeness (QED) is 0.650. The summed E-state index contributed by atoms with van der Waals surface area (Å²) < 4.78 is 22.8. The molecule has 0 bridgehead atoms. The normalized spacial score (nSPS) is 24.2. The molecule has 3 nitrogen and oxygen atoms in total. The van der Waals surface area contributed by atoms with E-state index in [1.807, 2.05) is 0 Å². The molecule has 86 valence electrons. The minimum atomic E-state index is -0.339. The molecule has 0 unspecified atom stereocenters. The molecule has 1 saturated heterocycles. The zero-order valence-corrected chi connectivity index (χ0v) is 9.32. The highest BCUT2D eigenvalue weighted by Crippen LogP contribution is 2.24. The fourth-order valence-corrected chi connectivity index (χ4v) is 1.84. The van der Waals surface area contributed by atoms with Crippen LogP contribution in [0.5, 0.6) is 5.75 Å². The SMILES string of the molecule is O=C1O[C@@H](S)C[C@H]1COc1ccc(F)cc1. The van der Waals surface area contributed by atoms with Crippen molar-refractivity contribution < 1.29 is 18.7 Å². The van der Waals surface area contributed by atoms with Gasteiger partial charge in [-0.25, -0.2) is 4.39 Å². The van der Waals surface area contributed by atoms with Crippen molar-refractivity contribution in [3.8, 4) is 5.75 Å². The summed E-state index contributed by atoms with van der Waals surface area (Å²) in [5.41, 5.74) is -0.339. The summed E-state index contributed by atoms with van der Waals surface area (Å²) in [5.74, 6) is -0.352. The van der Waals surface area contributed by atoms with Gasteiger partial charge in [0.05, 0.1) is 5.92 Å². The van der Waals surface area contributed by atoms with Crippen LogP contribution < -0.4 is 4.74 Å². The van der Waals surface area contributed by atoms with Gasteiger partial charge >= 0.3 is 5.97 Å². The Bertz CT molecular complexity index is 379. The molecule has 2 rings (SSSR count). The van der Waals surface area contributed by atoms with E-state index >= 15 is 0 Å². The largest absolute Gasteiger partial charge is 0.493 e. The van der Waals surface area contributed by atoms with Crippen molar-refractivity contribution in [1.82, 2.24) is 0 Å². The third-order valence-corrected chi connectivity index (χ3v) is 2.65. The molecule has 2 atom stereocenters. The van der Waals surface area contributed by atoms with E-state index in [-0.39, 0.29) is 29.7 Å². The molecule has 0 N–H and O–H groups in total. The number of carbonyl (C=O) groups excluding carboxylic acids is 1. The molecule has 0 saturated carbocycles. The van der Waals surface area contributed by atoms with Crippen molar-refractivity contribution in [2.75, 3.05) is 6.61 Å². The molecule has 0 aromatic heterocycles. The Balaban J connectivity index is 1.88. The lowest BCUT2D eigenvalue weighted by molar-refractivity contribution is -0.142. The van der Waals surface area contributed by atoms with Gasteiger partial charge in [-0.3, -0.25) is 4.79 Å². The maximum absolute atomic E-state index is 12.6. The van der Waals surface area contributed by atoms with Crippen molar-refractivity contribution in [2.45, 2.75) is 11.9 Å². The molecule has 0 amide bonds. The number of hydrogen-bond donors (Lipinski definition) is 1. The molecule has 16 heavy (non-hydrogen) atoms. The van der Waals surface area contributed by atoms with Gasteiger partial charge in [-0.05, 0) is 24.3 Å². The second kappa shape index (κ2) is 4.74. The number of thiol groups is 1. The summed E-state index contributed by atoms with van der Waals surface area (Å²) >= 11 is 4.06. The Morgan fingerprint density at radius 3 is 2.69 bits per heavy atom. The van der Waals surface area contributed by atoms with Crippen LogP contribution in [0.2, 0.25) is 0 Å². The zero-order chi connectivity index (χ0) is 11.5. The van der Waals surface area contributed by atoms with Gasteiger partial charge < -0.3 is 9.47 Å². The molecule has 0 radical (unpaired) electrons. The molecule has 5 heteroatoms. The molecule has 1 aliphatic heterocycles. The smallest absolute Gasteiger partial charge is 0.313 e. The van der Waals surface area contributed by atoms with Crippen LogP contribution in [0.3, 0.4) is 0 Å². The number of esters is 1. The number of halogens is 1. The predicted molar refractivity (Wildman–Crippen MR) is 58.9 cm³/mol. The lowest BCUT2D eigenvalue weighted by Crippen LogP contribution is -2.16. The maximum Gasteiger partial charge on any atom is 0.313 e. The molecule has 0 aliphatic carbocycles. The van der Waals surface area contributed by atoms with Gasteiger partial charge in [0, 0.05) is 6.42 Å². The molecule has 1 aromatic carbocycles. The number of hydrogen-bond acceptors (Lipinski definition) is 4. The molecule has 1 aromatic rings. The van der Waals surface area contributed by atoms with Crippen molar-refractivity contribution in [2.24, 2.45) is 5.92 Å². The lowest BCUT2D eigenvalue weighted by atomic mass is 10.1. The van der Waals surface area contributed by atoms with Gasteiger partial charge in [0.15, 0.2) is 0 Å². The molecular weight excluding hydrogens is 231 g/mol. The summed E-state index contributed by atoms with van der Waals surface area (Å²) in [6.45, 7) is 0.238. The number of carbonyl (C=O) groups is 1. The van der Waals surface area contributed by atoms with Gasteiger partial charge in [-0.1, -0.05) is 0 Å². The Kier molecular flexibility index (Phi) is 3.33. The van der Waals surface area contributed by atoms with E-state index < -0.39 is 0 Å². The van der Waals surface area contributed by atoms with Crippen LogP contribution in [0.4, 0.5) is 4.39 Å². The lowest BCUT2D eigenvalue weighted by Gasteiger charge is -2.08. The van der Waals surface area contributed by atoms with Gasteiger partial charge in [0.2, 0.25) is 0 Å². The second-order valence-corrected chi connectivity index (χ2v) is 4.17. The highest BCUT2D eigenvalue weighted by molar-refractivity contribution is 7.80. The average molecular weight is 242 g/mol. The van der Waals surface area contributed by atoms with Gasteiger partial charge in [0.25, 0.3) is 0 Å². The minimum Gasteiger partial charge on any atom is -0.493 e. The van der Waals surface area contributed by atoms with Crippen LogP contribution in [0.1, 0.15) is 6.42 Å². The van der Waals surface area contributed by atoms with Crippen LogP contribution >= 0.6 is 12.6 Å². The zero-order valence-electron chi connectivity index (χ0n) is 8.43. The van der Waals surface area contributed by atoms with E-state index in [0.29, 0.717) is 12.2 Å². The van der Waals surface area contributed by atoms with Crippen molar-refractivity contribution in [1.29, 1.82) is 0 Å². The number of cyclic esters (lactones) is 1. The predicted octanol–water partition coefficient (Wildman–Crippen LogP) is 2.02. The first-order chi connectivity index (χ1) is 7.65. The average Bonchev–Trinajstić information content (AvgIpc) is 2.57. The fourth-order valence-electron chi connectivity index (χ4n) is 1.48. The summed E-state index contributed by atoms with van der Waals surface area (Å²) in [4.78, 5) is 11.2. The van der Waals surface area contributed by atoms with Crippen molar-refractivity contribution in [3.05, 3.63) is 30.1 Å². The Labute approximate surface area is 98.0 Å². The Morgan fingerprint density at radius 2 is 2.12 bits per heavy atom. The van der Waals surface area contributed by atoms with E-state index in [1.165, 1.54) is 24.3 Å². The van der Waals surface area contributed by atoms with E-state index in [9.17, 15) is 9.18 Å². The van der Waals surface area contributed by atoms with Crippen LogP contribution in [0.15, 0.2) is 24.3 Å². The summed E-state index contributed by atoms with van der Waals surface area (Å²) in [6, 6.07) is 5.66. The Morgan fingerprint density at radius 1 is 1.44 bits per heavy atom. The molecular formula is C11H11FO3S. The van der Waals surface area contributed by atoms with E-state index in [0.717, 1.165) is 0 Å². The summed E-state index contributed by atoms with van der Waals surface area (Å²) in [5, 5.41) is 0. The first-order valence-corrected chi connectivity index (χ1v) is 5.44. The third-order valence-electron chi connectivity index (χ3n) is 2.34. The molecule has 1 heterocycles. The molecule has 1 fully saturated rings. The summed E-state index contributed by atoms with van der Waals surface area (Å²) in [6.07, 6.45) is 0.545. The first kappa shape index (κ1) is 11.3. The number of benzene rings is 1. The van der Waals surface area contributed by atoms with Gasteiger partial charge in [0.1, 0.15) is 23.6 Å². The van der Waals surface area contributed by atoms with Crippen molar-refractivity contribution >= 4 is 18.6 Å². The summed E-state index contributed by atoms with van der Waals surface area (Å²) in [7, 11) is 0. The third kappa shape index (κ3) is 2.66. The van der Waals surface area contributed by atoms with E-state index in [2.05, 4.69) is 12.6 Å². The van der Waals surface area contributed by atoms with E-state index in [1.54, 1.807) is 0 Å².